The van der Waals surface area contributed by atoms with Crippen molar-refractivity contribution in [3.8, 4) is 6.07 Å². The average molecular weight is 297 g/mol. The van der Waals surface area contributed by atoms with E-state index in [1.54, 1.807) is 6.07 Å². The molecule has 7 heteroatoms. The van der Waals surface area contributed by atoms with E-state index >= 15 is 0 Å². The highest BCUT2D eigenvalue weighted by atomic mass is 32.1. The zero-order valence-electron chi connectivity index (χ0n) is 10.5. The highest BCUT2D eigenvalue weighted by molar-refractivity contribution is 7.09. The van der Waals surface area contributed by atoms with Gasteiger partial charge >= 0.3 is 6.18 Å². The summed E-state index contributed by atoms with van der Waals surface area (Å²) < 4.78 is 38.4. The number of nitriles is 1. The Kier molecular flexibility index (Phi) is 3.95. The highest BCUT2D eigenvalue weighted by Gasteiger charge is 2.33. The summed E-state index contributed by atoms with van der Waals surface area (Å²) in [6.07, 6.45) is -4.54. The molecular formula is C13H10F3N3S. The molecule has 1 heterocycles. The third-order valence-corrected chi connectivity index (χ3v) is 3.41. The molecular weight excluding hydrogens is 287 g/mol. The molecule has 0 aliphatic rings. The maximum absolute atomic E-state index is 12.8. The van der Waals surface area contributed by atoms with E-state index in [9.17, 15) is 13.2 Å². The summed E-state index contributed by atoms with van der Waals surface area (Å²) in [6.45, 7) is 2.20. The van der Waals surface area contributed by atoms with Gasteiger partial charge in [-0.3, -0.25) is 0 Å². The van der Waals surface area contributed by atoms with Crippen LogP contribution in [0.15, 0.2) is 23.6 Å². The van der Waals surface area contributed by atoms with Gasteiger partial charge in [0.1, 0.15) is 0 Å². The van der Waals surface area contributed by atoms with E-state index in [0.29, 0.717) is 12.2 Å². The molecule has 2 aromatic rings. The summed E-state index contributed by atoms with van der Waals surface area (Å²) in [4.78, 5) is 4.21. The van der Waals surface area contributed by atoms with Gasteiger partial charge < -0.3 is 5.32 Å². The Morgan fingerprint density at radius 2 is 2.15 bits per heavy atom. The molecule has 0 radical (unpaired) electrons. The number of rotatable bonds is 3. The molecule has 0 saturated heterocycles. The van der Waals surface area contributed by atoms with Gasteiger partial charge in [-0.2, -0.15) is 18.4 Å². The molecule has 0 fully saturated rings. The maximum Gasteiger partial charge on any atom is 0.417 e. The summed E-state index contributed by atoms with van der Waals surface area (Å²) in [7, 11) is 0. The Hall–Kier alpha value is -2.07. The van der Waals surface area contributed by atoms with Crippen molar-refractivity contribution in [3.05, 3.63) is 45.4 Å². The molecule has 0 amide bonds. The van der Waals surface area contributed by atoms with Crippen LogP contribution in [-0.2, 0) is 12.7 Å². The fraction of sp³-hybridized carbons (Fsp3) is 0.231. The van der Waals surface area contributed by atoms with Crippen molar-refractivity contribution in [2.45, 2.75) is 19.6 Å². The summed E-state index contributed by atoms with van der Waals surface area (Å²) in [5, 5.41) is 14.3. The Morgan fingerprint density at radius 1 is 1.40 bits per heavy atom. The van der Waals surface area contributed by atoms with Gasteiger partial charge in [0.15, 0.2) is 0 Å². The van der Waals surface area contributed by atoms with Gasteiger partial charge in [0, 0.05) is 11.1 Å². The first-order valence-corrected chi connectivity index (χ1v) is 6.54. The lowest BCUT2D eigenvalue weighted by Gasteiger charge is -2.11. The molecule has 1 aromatic heterocycles. The fourth-order valence-electron chi connectivity index (χ4n) is 1.67. The van der Waals surface area contributed by atoms with Crippen LogP contribution in [0.25, 0.3) is 0 Å². The van der Waals surface area contributed by atoms with Crippen LogP contribution in [0.2, 0.25) is 0 Å². The highest BCUT2D eigenvalue weighted by Crippen LogP contribution is 2.33. The fourth-order valence-corrected chi connectivity index (χ4v) is 2.28. The van der Waals surface area contributed by atoms with E-state index in [1.807, 2.05) is 12.3 Å². The Morgan fingerprint density at radius 3 is 2.70 bits per heavy atom. The van der Waals surface area contributed by atoms with Crippen LogP contribution in [0.4, 0.5) is 18.9 Å². The second kappa shape index (κ2) is 5.51. The normalized spacial score (nSPS) is 11.2. The molecule has 0 saturated carbocycles. The Balaban J connectivity index is 2.19. The largest absolute Gasteiger partial charge is 0.417 e. The van der Waals surface area contributed by atoms with Gasteiger partial charge in [-0.05, 0) is 25.1 Å². The first-order chi connectivity index (χ1) is 9.40. The van der Waals surface area contributed by atoms with Crippen molar-refractivity contribution in [2.24, 2.45) is 0 Å². The number of thiazole rings is 1. The van der Waals surface area contributed by atoms with Crippen LogP contribution in [0.3, 0.4) is 0 Å². The lowest BCUT2D eigenvalue weighted by Crippen LogP contribution is -2.09. The van der Waals surface area contributed by atoms with E-state index in [0.717, 1.165) is 22.8 Å². The van der Waals surface area contributed by atoms with Crippen molar-refractivity contribution < 1.29 is 13.2 Å². The van der Waals surface area contributed by atoms with Crippen LogP contribution in [0.1, 0.15) is 21.8 Å². The van der Waals surface area contributed by atoms with Crippen LogP contribution in [0, 0.1) is 18.3 Å². The van der Waals surface area contributed by atoms with Gasteiger partial charge in [-0.15, -0.1) is 11.3 Å². The van der Waals surface area contributed by atoms with Gasteiger partial charge in [0.2, 0.25) is 0 Å². The summed E-state index contributed by atoms with van der Waals surface area (Å²) in [5.74, 6) is 0. The van der Waals surface area contributed by atoms with Crippen molar-refractivity contribution in [2.75, 3.05) is 5.32 Å². The third kappa shape index (κ3) is 3.27. The van der Waals surface area contributed by atoms with E-state index in [2.05, 4.69) is 10.3 Å². The Labute approximate surface area is 117 Å². The first-order valence-electron chi connectivity index (χ1n) is 5.66. The average Bonchev–Trinajstić information content (AvgIpc) is 2.81. The topological polar surface area (TPSA) is 48.7 Å². The van der Waals surface area contributed by atoms with Gasteiger partial charge in [0.05, 0.1) is 34.4 Å². The van der Waals surface area contributed by atoms with Crippen LogP contribution in [-0.4, -0.2) is 4.98 Å². The number of anilines is 1. The predicted octanol–water partition coefficient (Wildman–Crippen LogP) is 3.95. The SMILES string of the molecule is Cc1nc(CNc2ccc(C#N)c(C(F)(F)F)c2)cs1. The van der Waals surface area contributed by atoms with Crippen molar-refractivity contribution >= 4 is 17.0 Å². The third-order valence-electron chi connectivity index (χ3n) is 2.59. The lowest BCUT2D eigenvalue weighted by molar-refractivity contribution is -0.137. The van der Waals surface area contributed by atoms with E-state index < -0.39 is 11.7 Å². The minimum atomic E-state index is -4.54. The number of hydrogen-bond acceptors (Lipinski definition) is 4. The first kappa shape index (κ1) is 14.3. The molecule has 0 spiro atoms. The van der Waals surface area contributed by atoms with E-state index in [1.165, 1.54) is 17.4 Å². The number of alkyl halides is 3. The standard InChI is InChI=1S/C13H10F3N3S/c1-8-19-11(7-20-8)6-18-10-3-2-9(5-17)12(4-10)13(14,15)16/h2-4,7,18H,6H2,1H3. The van der Waals surface area contributed by atoms with Crippen molar-refractivity contribution in [3.63, 3.8) is 0 Å². The predicted molar refractivity (Wildman–Crippen MR) is 70.3 cm³/mol. The van der Waals surface area contributed by atoms with Crippen molar-refractivity contribution in [1.29, 1.82) is 5.26 Å². The molecule has 20 heavy (non-hydrogen) atoms. The number of halogens is 3. The number of nitrogens with one attached hydrogen (secondary N) is 1. The minimum Gasteiger partial charge on any atom is -0.379 e. The van der Waals surface area contributed by atoms with Gasteiger partial charge in [0.25, 0.3) is 0 Å². The van der Waals surface area contributed by atoms with Crippen molar-refractivity contribution in [1.82, 2.24) is 4.98 Å². The zero-order chi connectivity index (χ0) is 14.8. The molecule has 1 aromatic carbocycles. The quantitative estimate of drug-likeness (QED) is 0.933. The number of aryl methyl sites for hydroxylation is 1. The number of benzene rings is 1. The summed E-state index contributed by atoms with van der Waals surface area (Å²) >= 11 is 1.48. The van der Waals surface area contributed by atoms with E-state index in [4.69, 9.17) is 5.26 Å². The number of hydrogen-bond donors (Lipinski definition) is 1. The molecule has 104 valence electrons. The molecule has 0 bridgehead atoms. The minimum absolute atomic E-state index is 0.307. The number of aromatic nitrogens is 1. The second-order valence-electron chi connectivity index (χ2n) is 4.08. The molecule has 2 rings (SSSR count). The Bertz CT molecular complexity index is 656. The molecule has 0 unspecified atom stereocenters. The molecule has 0 aliphatic heterocycles. The van der Waals surface area contributed by atoms with Crippen LogP contribution >= 0.6 is 11.3 Å². The van der Waals surface area contributed by atoms with Gasteiger partial charge in [-0.25, -0.2) is 4.98 Å². The summed E-state index contributed by atoms with van der Waals surface area (Å²) in [6, 6.07) is 5.11. The summed E-state index contributed by atoms with van der Waals surface area (Å²) in [5.41, 5.74) is -0.237. The van der Waals surface area contributed by atoms with Crippen LogP contribution in [0.5, 0.6) is 0 Å². The van der Waals surface area contributed by atoms with Crippen LogP contribution < -0.4 is 5.32 Å². The molecule has 1 N–H and O–H groups in total. The molecule has 3 nitrogen and oxygen atoms in total. The lowest BCUT2D eigenvalue weighted by atomic mass is 10.1. The smallest absolute Gasteiger partial charge is 0.379 e. The molecule has 0 atom stereocenters. The second-order valence-corrected chi connectivity index (χ2v) is 5.14. The van der Waals surface area contributed by atoms with E-state index in [-0.39, 0.29) is 5.56 Å². The maximum atomic E-state index is 12.8. The van der Waals surface area contributed by atoms with Gasteiger partial charge in [-0.1, -0.05) is 0 Å². The monoisotopic (exact) mass is 297 g/mol. The molecule has 0 aliphatic carbocycles. The zero-order valence-corrected chi connectivity index (χ0v) is 11.3. The number of nitrogens with zero attached hydrogens (tertiary/aromatic N) is 2.